The van der Waals surface area contributed by atoms with Gasteiger partial charge in [-0.05, 0) is 50.3 Å². The van der Waals surface area contributed by atoms with Gasteiger partial charge in [0.15, 0.2) is 11.5 Å². The molecular weight excluding hydrogens is 346 g/mol. The topological polar surface area (TPSA) is 82.5 Å². The zero-order valence-corrected chi connectivity index (χ0v) is 15.7. The number of hydrogen-bond acceptors (Lipinski definition) is 5. The summed E-state index contributed by atoms with van der Waals surface area (Å²) in [4.78, 5) is 25.4. The molecule has 1 unspecified atom stereocenters. The number of carbonyl (C=O) groups excluding carboxylic acids is 2. The third-order valence-electron chi connectivity index (χ3n) is 5.25. The Bertz CT molecular complexity index is 914. The highest BCUT2D eigenvalue weighted by Crippen LogP contribution is 2.43. The van der Waals surface area contributed by atoms with Crippen molar-refractivity contribution < 1.29 is 19.1 Å². The van der Waals surface area contributed by atoms with Gasteiger partial charge >= 0.3 is 0 Å². The molecule has 142 valence electrons. The lowest BCUT2D eigenvalue weighted by Crippen LogP contribution is -2.36. The molecule has 1 N–H and O–H groups in total. The van der Waals surface area contributed by atoms with E-state index in [-0.39, 0.29) is 6.04 Å². The van der Waals surface area contributed by atoms with Crippen molar-refractivity contribution in [2.45, 2.75) is 32.7 Å². The highest BCUT2D eigenvalue weighted by Gasteiger charge is 2.36. The molecule has 0 spiro atoms. The van der Waals surface area contributed by atoms with E-state index in [1.807, 2.05) is 18.2 Å². The number of aryl methyl sites for hydroxylation is 2. The van der Waals surface area contributed by atoms with Gasteiger partial charge in [0.05, 0.1) is 17.3 Å². The Labute approximate surface area is 157 Å². The number of nitrogens with zero attached hydrogens (tertiary/aromatic N) is 2. The lowest BCUT2D eigenvalue weighted by atomic mass is 10.0. The first-order chi connectivity index (χ1) is 13.0. The average molecular weight is 369 g/mol. The smallest absolute Gasteiger partial charge is 0.293 e. The minimum atomic E-state index is -0.596. The Hall–Kier alpha value is -2.83. The summed E-state index contributed by atoms with van der Waals surface area (Å²) in [6, 6.07) is 5.49. The molecule has 0 radical (unpaired) electrons. The molecule has 4 rings (SSSR count). The highest BCUT2D eigenvalue weighted by molar-refractivity contribution is 6.43. The van der Waals surface area contributed by atoms with E-state index in [4.69, 9.17) is 9.47 Å². The molecule has 2 aliphatic rings. The molecule has 1 aliphatic carbocycles. The molecule has 2 aromatic rings. The summed E-state index contributed by atoms with van der Waals surface area (Å²) < 4.78 is 12.8. The lowest BCUT2D eigenvalue weighted by molar-refractivity contribution is -0.117. The van der Waals surface area contributed by atoms with Crippen molar-refractivity contribution in [3.05, 3.63) is 40.7 Å². The standard InChI is InChI=1S/C20H23N3O4/c1-11-17(12(2)23(3)22-11)19(24)20(25)21-18(13-4-5-13)14-6-7-15-16(10-14)27-9-8-26-15/h6-7,10,13,18H,4-5,8-9H2,1-3H3,(H,21,25). The van der Waals surface area contributed by atoms with Crippen LogP contribution in [0.1, 0.15) is 46.2 Å². The number of ketones is 1. The fourth-order valence-electron chi connectivity index (χ4n) is 3.58. The Morgan fingerprint density at radius 2 is 1.89 bits per heavy atom. The molecular formula is C20H23N3O4. The largest absolute Gasteiger partial charge is 0.486 e. The van der Waals surface area contributed by atoms with Gasteiger partial charge in [-0.2, -0.15) is 5.10 Å². The number of carbonyl (C=O) groups is 2. The zero-order chi connectivity index (χ0) is 19.1. The number of aromatic nitrogens is 2. The lowest BCUT2D eigenvalue weighted by Gasteiger charge is -2.23. The first kappa shape index (κ1) is 17.6. The van der Waals surface area contributed by atoms with E-state index in [1.165, 1.54) is 0 Å². The maximum atomic E-state index is 12.7. The van der Waals surface area contributed by atoms with Crippen molar-refractivity contribution in [1.29, 1.82) is 0 Å². The summed E-state index contributed by atoms with van der Waals surface area (Å²) in [6.07, 6.45) is 2.05. The number of nitrogens with one attached hydrogen (secondary N) is 1. The van der Waals surface area contributed by atoms with E-state index >= 15 is 0 Å². The van der Waals surface area contributed by atoms with Crippen LogP contribution in [0.2, 0.25) is 0 Å². The minimum Gasteiger partial charge on any atom is -0.486 e. The number of fused-ring (bicyclic) bond motifs is 1. The molecule has 1 amide bonds. The van der Waals surface area contributed by atoms with Crippen LogP contribution in [-0.2, 0) is 11.8 Å². The van der Waals surface area contributed by atoms with E-state index in [9.17, 15) is 9.59 Å². The summed E-state index contributed by atoms with van der Waals surface area (Å²) in [5, 5.41) is 7.17. The van der Waals surface area contributed by atoms with Gasteiger partial charge in [0.25, 0.3) is 11.7 Å². The quantitative estimate of drug-likeness (QED) is 0.646. The van der Waals surface area contributed by atoms with Crippen LogP contribution in [0.15, 0.2) is 18.2 Å². The first-order valence-corrected chi connectivity index (χ1v) is 9.20. The van der Waals surface area contributed by atoms with Gasteiger partial charge in [0.2, 0.25) is 0 Å². The van der Waals surface area contributed by atoms with Crippen molar-refractivity contribution in [3.8, 4) is 11.5 Å². The van der Waals surface area contributed by atoms with E-state index in [0.29, 0.717) is 47.6 Å². The van der Waals surface area contributed by atoms with Crippen molar-refractivity contribution in [3.63, 3.8) is 0 Å². The second-order valence-electron chi connectivity index (χ2n) is 7.19. The van der Waals surface area contributed by atoms with Gasteiger partial charge in [-0.15, -0.1) is 0 Å². The molecule has 0 saturated heterocycles. The number of amides is 1. The normalized spacial score (nSPS) is 16.7. The molecule has 1 aromatic carbocycles. The third kappa shape index (κ3) is 3.29. The van der Waals surface area contributed by atoms with Gasteiger partial charge in [0, 0.05) is 12.7 Å². The fourth-order valence-corrected chi connectivity index (χ4v) is 3.58. The Balaban J connectivity index is 1.57. The van der Waals surface area contributed by atoms with E-state index in [1.54, 1.807) is 25.6 Å². The molecule has 1 atom stereocenters. The second-order valence-corrected chi connectivity index (χ2v) is 7.19. The second kappa shape index (κ2) is 6.72. The molecule has 2 heterocycles. The van der Waals surface area contributed by atoms with Crippen molar-refractivity contribution in [1.82, 2.24) is 15.1 Å². The number of benzene rings is 1. The van der Waals surface area contributed by atoms with Crippen molar-refractivity contribution in [2.24, 2.45) is 13.0 Å². The van der Waals surface area contributed by atoms with Crippen LogP contribution in [0, 0.1) is 19.8 Å². The molecule has 1 fully saturated rings. The summed E-state index contributed by atoms with van der Waals surface area (Å²) in [5.74, 6) is 0.593. The zero-order valence-electron chi connectivity index (χ0n) is 15.7. The van der Waals surface area contributed by atoms with Gasteiger partial charge in [-0.1, -0.05) is 6.07 Å². The third-order valence-corrected chi connectivity index (χ3v) is 5.25. The van der Waals surface area contributed by atoms with Crippen LogP contribution in [0.3, 0.4) is 0 Å². The van der Waals surface area contributed by atoms with Crippen molar-refractivity contribution >= 4 is 11.7 Å². The van der Waals surface area contributed by atoms with E-state index < -0.39 is 11.7 Å². The van der Waals surface area contributed by atoms with E-state index in [0.717, 1.165) is 18.4 Å². The fraction of sp³-hybridized carbons (Fsp3) is 0.450. The monoisotopic (exact) mass is 369 g/mol. The Morgan fingerprint density at radius 1 is 1.19 bits per heavy atom. The molecule has 7 nitrogen and oxygen atoms in total. The summed E-state index contributed by atoms with van der Waals surface area (Å²) >= 11 is 0. The van der Waals surface area contributed by atoms with Gasteiger partial charge in [-0.3, -0.25) is 14.3 Å². The summed E-state index contributed by atoms with van der Waals surface area (Å²) in [6.45, 7) is 4.58. The number of rotatable bonds is 5. The molecule has 1 aliphatic heterocycles. The van der Waals surface area contributed by atoms with Crippen LogP contribution < -0.4 is 14.8 Å². The minimum absolute atomic E-state index is 0.213. The van der Waals surface area contributed by atoms with Gasteiger partial charge < -0.3 is 14.8 Å². The van der Waals surface area contributed by atoms with Crippen LogP contribution in [0.5, 0.6) is 11.5 Å². The summed E-state index contributed by atoms with van der Waals surface area (Å²) in [5.41, 5.74) is 2.57. The highest BCUT2D eigenvalue weighted by atomic mass is 16.6. The SMILES string of the molecule is Cc1nn(C)c(C)c1C(=O)C(=O)NC(c1ccc2c(c1)OCCO2)C1CC1. The number of hydrogen-bond donors (Lipinski definition) is 1. The van der Waals surface area contributed by atoms with Crippen LogP contribution in [-0.4, -0.2) is 34.7 Å². The van der Waals surface area contributed by atoms with Crippen LogP contribution in [0.4, 0.5) is 0 Å². The predicted octanol–water partition coefficient (Wildman–Crippen LogP) is 2.26. The average Bonchev–Trinajstić information content (AvgIpc) is 3.46. The first-order valence-electron chi connectivity index (χ1n) is 9.20. The maximum absolute atomic E-state index is 12.7. The van der Waals surface area contributed by atoms with E-state index in [2.05, 4.69) is 10.4 Å². The molecule has 1 saturated carbocycles. The molecule has 0 bridgehead atoms. The number of Topliss-reactive ketones (excluding diaryl/α,β-unsaturated/α-hetero) is 1. The molecule has 27 heavy (non-hydrogen) atoms. The van der Waals surface area contributed by atoms with Crippen LogP contribution >= 0.6 is 0 Å². The van der Waals surface area contributed by atoms with Gasteiger partial charge in [0.1, 0.15) is 13.2 Å². The Morgan fingerprint density at radius 3 is 2.52 bits per heavy atom. The number of ether oxygens (including phenoxy) is 2. The summed E-state index contributed by atoms with van der Waals surface area (Å²) in [7, 11) is 1.76. The van der Waals surface area contributed by atoms with Crippen molar-refractivity contribution in [2.75, 3.05) is 13.2 Å². The van der Waals surface area contributed by atoms with Crippen LogP contribution in [0.25, 0.3) is 0 Å². The molecule has 1 aromatic heterocycles. The predicted molar refractivity (Wildman–Crippen MR) is 98.1 cm³/mol. The maximum Gasteiger partial charge on any atom is 0.293 e. The Kier molecular flexibility index (Phi) is 4.37. The van der Waals surface area contributed by atoms with Gasteiger partial charge in [-0.25, -0.2) is 0 Å². The molecule has 7 heteroatoms.